The molecule has 1 aromatic heterocycles. The number of hydrogen-bond acceptors (Lipinski definition) is 3. The predicted octanol–water partition coefficient (Wildman–Crippen LogP) is 4.74. The van der Waals surface area contributed by atoms with Gasteiger partial charge in [0, 0.05) is 4.90 Å². The summed E-state index contributed by atoms with van der Waals surface area (Å²) >= 11 is 1.54. The van der Waals surface area contributed by atoms with Gasteiger partial charge in [-0.3, -0.25) is 4.79 Å². The van der Waals surface area contributed by atoms with E-state index in [-0.39, 0.29) is 11.9 Å². The molecule has 3 rings (SSSR count). The Morgan fingerprint density at radius 3 is 2.58 bits per heavy atom. The fourth-order valence-corrected chi connectivity index (χ4v) is 3.37. The number of hydrogen-bond donors (Lipinski definition) is 2. The lowest BCUT2D eigenvalue weighted by atomic mass is 10.2. The number of aromatic nitrogens is 2. The molecular formula is C21H23N3OS. The van der Waals surface area contributed by atoms with Crippen molar-refractivity contribution in [3.05, 3.63) is 72.2 Å². The monoisotopic (exact) mass is 365 g/mol. The standard InChI is InChI=1S/C21H23N3OS/c1-3-18(21-22-13-19(24-21)16-7-5-4-6-8-16)23-20(25)14-26-17-11-9-15(2)10-12-17/h4-13,18H,3,14H2,1-2H3,(H,22,24)(H,23,25). The van der Waals surface area contributed by atoms with Crippen LogP contribution in [0, 0.1) is 6.92 Å². The van der Waals surface area contributed by atoms with Crippen molar-refractivity contribution < 1.29 is 4.79 Å². The minimum absolute atomic E-state index is 0.0140. The topological polar surface area (TPSA) is 57.8 Å². The molecule has 0 saturated heterocycles. The van der Waals surface area contributed by atoms with Gasteiger partial charge in [0.15, 0.2) is 0 Å². The third kappa shape index (κ3) is 4.76. The number of carbonyl (C=O) groups excluding carboxylic acids is 1. The number of aromatic amines is 1. The van der Waals surface area contributed by atoms with Crippen LogP contribution in [0.1, 0.15) is 30.8 Å². The van der Waals surface area contributed by atoms with Crippen molar-refractivity contribution in [1.29, 1.82) is 0 Å². The summed E-state index contributed by atoms with van der Waals surface area (Å²) < 4.78 is 0. The quantitative estimate of drug-likeness (QED) is 0.594. The molecule has 1 amide bonds. The number of rotatable bonds is 7. The molecule has 1 unspecified atom stereocenters. The van der Waals surface area contributed by atoms with Crippen molar-refractivity contribution in [3.63, 3.8) is 0 Å². The van der Waals surface area contributed by atoms with Crippen molar-refractivity contribution in [1.82, 2.24) is 15.3 Å². The van der Waals surface area contributed by atoms with E-state index < -0.39 is 0 Å². The summed E-state index contributed by atoms with van der Waals surface area (Å²) in [5.74, 6) is 1.20. The normalized spacial score (nSPS) is 11.9. The van der Waals surface area contributed by atoms with Gasteiger partial charge in [0.2, 0.25) is 5.91 Å². The number of amides is 1. The molecule has 0 aliphatic heterocycles. The average molecular weight is 366 g/mol. The Balaban J connectivity index is 1.59. The van der Waals surface area contributed by atoms with E-state index in [0.717, 1.165) is 28.4 Å². The predicted molar refractivity (Wildman–Crippen MR) is 107 cm³/mol. The first-order valence-corrected chi connectivity index (χ1v) is 9.73. The van der Waals surface area contributed by atoms with Gasteiger partial charge in [-0.05, 0) is 31.0 Å². The Morgan fingerprint density at radius 2 is 1.88 bits per heavy atom. The van der Waals surface area contributed by atoms with E-state index in [1.54, 1.807) is 11.8 Å². The number of aryl methyl sites for hydroxylation is 1. The van der Waals surface area contributed by atoms with Gasteiger partial charge in [0.05, 0.1) is 23.7 Å². The number of imidazole rings is 1. The number of thioether (sulfide) groups is 1. The van der Waals surface area contributed by atoms with Crippen LogP contribution in [0.4, 0.5) is 0 Å². The van der Waals surface area contributed by atoms with Crippen LogP contribution < -0.4 is 5.32 Å². The third-order valence-corrected chi connectivity index (χ3v) is 5.16. The summed E-state index contributed by atoms with van der Waals surface area (Å²) in [5, 5.41) is 3.08. The van der Waals surface area contributed by atoms with Crippen LogP contribution in [0.5, 0.6) is 0 Å². The number of benzene rings is 2. The van der Waals surface area contributed by atoms with Crippen LogP contribution in [0.3, 0.4) is 0 Å². The van der Waals surface area contributed by atoms with Crippen molar-refractivity contribution in [2.75, 3.05) is 5.75 Å². The van der Waals surface area contributed by atoms with Gasteiger partial charge in [-0.15, -0.1) is 11.8 Å². The van der Waals surface area contributed by atoms with E-state index in [0.29, 0.717) is 5.75 Å². The number of nitrogens with one attached hydrogen (secondary N) is 2. The van der Waals surface area contributed by atoms with Gasteiger partial charge in [-0.2, -0.15) is 0 Å². The smallest absolute Gasteiger partial charge is 0.230 e. The Kier molecular flexibility index (Phi) is 6.12. The van der Waals surface area contributed by atoms with Gasteiger partial charge < -0.3 is 10.3 Å². The van der Waals surface area contributed by atoms with Gasteiger partial charge in [0.1, 0.15) is 5.82 Å². The number of nitrogens with zero attached hydrogens (tertiary/aromatic N) is 1. The molecule has 5 heteroatoms. The molecular weight excluding hydrogens is 342 g/mol. The van der Waals surface area contributed by atoms with Crippen molar-refractivity contribution >= 4 is 17.7 Å². The van der Waals surface area contributed by atoms with Crippen LogP contribution in [0.15, 0.2) is 65.7 Å². The maximum absolute atomic E-state index is 12.3. The first-order valence-electron chi connectivity index (χ1n) is 8.75. The lowest BCUT2D eigenvalue weighted by molar-refractivity contribution is -0.119. The summed E-state index contributed by atoms with van der Waals surface area (Å²) in [6.07, 6.45) is 2.60. The van der Waals surface area contributed by atoms with Crippen molar-refractivity contribution in [3.8, 4) is 11.3 Å². The molecule has 0 fully saturated rings. The number of H-pyrrole nitrogens is 1. The Labute approximate surface area is 158 Å². The maximum atomic E-state index is 12.3. The highest BCUT2D eigenvalue weighted by atomic mass is 32.2. The lowest BCUT2D eigenvalue weighted by Crippen LogP contribution is -2.30. The Morgan fingerprint density at radius 1 is 1.15 bits per heavy atom. The van der Waals surface area contributed by atoms with Crippen LogP contribution in [0.2, 0.25) is 0 Å². The minimum Gasteiger partial charge on any atom is -0.345 e. The van der Waals surface area contributed by atoms with E-state index >= 15 is 0 Å². The largest absolute Gasteiger partial charge is 0.345 e. The van der Waals surface area contributed by atoms with Crippen LogP contribution >= 0.6 is 11.8 Å². The molecule has 0 radical (unpaired) electrons. The van der Waals surface area contributed by atoms with E-state index in [1.807, 2.05) is 55.6 Å². The zero-order valence-corrected chi connectivity index (χ0v) is 15.8. The summed E-state index contributed by atoms with van der Waals surface area (Å²) in [7, 11) is 0. The molecule has 0 aliphatic carbocycles. The second kappa shape index (κ2) is 8.72. The molecule has 134 valence electrons. The highest BCUT2D eigenvalue weighted by molar-refractivity contribution is 8.00. The van der Waals surface area contributed by atoms with E-state index in [2.05, 4.69) is 34.3 Å². The van der Waals surface area contributed by atoms with Crippen LogP contribution in [0.25, 0.3) is 11.3 Å². The zero-order valence-electron chi connectivity index (χ0n) is 15.0. The average Bonchev–Trinajstić information content (AvgIpc) is 3.16. The van der Waals surface area contributed by atoms with Gasteiger partial charge in [-0.1, -0.05) is 55.0 Å². The molecule has 3 aromatic rings. The maximum Gasteiger partial charge on any atom is 0.230 e. The second-order valence-electron chi connectivity index (χ2n) is 6.18. The molecule has 0 saturated carbocycles. The number of carbonyl (C=O) groups is 1. The second-order valence-corrected chi connectivity index (χ2v) is 7.23. The highest BCUT2D eigenvalue weighted by Gasteiger charge is 2.16. The van der Waals surface area contributed by atoms with E-state index in [1.165, 1.54) is 5.56 Å². The fraction of sp³-hybridized carbons (Fsp3) is 0.238. The summed E-state index contributed by atoms with van der Waals surface area (Å²) in [6.45, 7) is 4.10. The Hall–Kier alpha value is -2.53. The van der Waals surface area contributed by atoms with Crippen molar-refractivity contribution in [2.24, 2.45) is 0 Å². The molecule has 0 bridgehead atoms. The van der Waals surface area contributed by atoms with Crippen molar-refractivity contribution in [2.45, 2.75) is 31.2 Å². The first-order chi connectivity index (χ1) is 12.7. The Bertz CT molecular complexity index is 843. The first kappa shape index (κ1) is 18.3. The zero-order chi connectivity index (χ0) is 18.4. The fourth-order valence-electron chi connectivity index (χ4n) is 2.66. The molecule has 2 N–H and O–H groups in total. The van der Waals surface area contributed by atoms with Gasteiger partial charge in [-0.25, -0.2) is 4.98 Å². The summed E-state index contributed by atoms with van der Waals surface area (Å²) in [6, 6.07) is 18.2. The van der Waals surface area contributed by atoms with Gasteiger partial charge in [0.25, 0.3) is 0 Å². The van der Waals surface area contributed by atoms with Gasteiger partial charge >= 0.3 is 0 Å². The van der Waals surface area contributed by atoms with Crippen LogP contribution in [-0.2, 0) is 4.79 Å². The third-order valence-electron chi connectivity index (χ3n) is 4.14. The SMILES string of the molecule is CCC(NC(=O)CSc1ccc(C)cc1)c1ncc(-c2ccccc2)[nH]1. The minimum atomic E-state index is -0.112. The van der Waals surface area contributed by atoms with E-state index in [4.69, 9.17) is 0 Å². The summed E-state index contributed by atoms with van der Waals surface area (Å²) in [4.78, 5) is 21.2. The van der Waals surface area contributed by atoms with E-state index in [9.17, 15) is 4.79 Å². The molecule has 26 heavy (non-hydrogen) atoms. The van der Waals surface area contributed by atoms with Crippen LogP contribution in [-0.4, -0.2) is 21.6 Å². The molecule has 0 aliphatic rings. The molecule has 2 aromatic carbocycles. The molecule has 4 nitrogen and oxygen atoms in total. The molecule has 0 spiro atoms. The molecule has 1 heterocycles. The highest BCUT2D eigenvalue weighted by Crippen LogP contribution is 2.21. The summed E-state index contributed by atoms with van der Waals surface area (Å²) in [5.41, 5.74) is 3.27. The molecule has 1 atom stereocenters. The lowest BCUT2D eigenvalue weighted by Gasteiger charge is -2.14.